The minimum Gasteiger partial charge on any atom is -0.393 e. The van der Waals surface area contributed by atoms with Crippen molar-refractivity contribution < 1.29 is 5.11 Å². The minimum atomic E-state index is -0.0413. The lowest BCUT2D eigenvalue weighted by atomic mass is 9.63. The summed E-state index contributed by atoms with van der Waals surface area (Å²) < 4.78 is 0. The number of nitrogens with one attached hydrogen (secondary N) is 1. The molecular weight excluding hydrogens is 252 g/mol. The van der Waals surface area contributed by atoms with Gasteiger partial charge in [-0.2, -0.15) is 5.11 Å². The summed E-state index contributed by atoms with van der Waals surface area (Å²) in [5.74, 6) is 1.27. The van der Waals surface area contributed by atoms with E-state index >= 15 is 0 Å². The number of rotatable bonds is 3. The Kier molecular flexibility index (Phi) is 4.15. The summed E-state index contributed by atoms with van der Waals surface area (Å²) in [6, 6.07) is 0. The van der Waals surface area contributed by atoms with Crippen LogP contribution in [0.4, 0.5) is 5.95 Å². The SMILES string of the molecule is OC1CCC2(CC1)CCC(CN=Nc1ncc[nH]1)CC2. The van der Waals surface area contributed by atoms with Gasteiger partial charge in [-0.15, -0.1) is 5.11 Å². The molecule has 2 fully saturated rings. The predicted octanol–water partition coefficient (Wildman–Crippen LogP) is 3.60. The third kappa shape index (κ3) is 3.26. The topological polar surface area (TPSA) is 73.6 Å². The molecule has 0 unspecified atom stereocenters. The van der Waals surface area contributed by atoms with Crippen molar-refractivity contribution in [2.24, 2.45) is 21.6 Å². The van der Waals surface area contributed by atoms with Gasteiger partial charge in [0, 0.05) is 12.4 Å². The van der Waals surface area contributed by atoms with Gasteiger partial charge in [0.25, 0.3) is 0 Å². The number of hydrogen-bond donors (Lipinski definition) is 2. The zero-order valence-corrected chi connectivity index (χ0v) is 12.0. The Bertz CT molecular complexity index is 425. The Labute approximate surface area is 119 Å². The molecule has 20 heavy (non-hydrogen) atoms. The highest BCUT2D eigenvalue weighted by molar-refractivity contribution is 5.10. The maximum Gasteiger partial charge on any atom is 0.246 e. The average Bonchev–Trinajstić information content (AvgIpc) is 2.98. The van der Waals surface area contributed by atoms with E-state index in [4.69, 9.17) is 0 Å². The van der Waals surface area contributed by atoms with E-state index in [0.717, 1.165) is 19.4 Å². The van der Waals surface area contributed by atoms with Gasteiger partial charge in [0.1, 0.15) is 0 Å². The van der Waals surface area contributed by atoms with Gasteiger partial charge in [-0.25, -0.2) is 4.98 Å². The van der Waals surface area contributed by atoms with Crippen LogP contribution in [0.1, 0.15) is 51.4 Å². The summed E-state index contributed by atoms with van der Waals surface area (Å²) in [6.07, 6.45) is 13.0. The number of aliphatic hydroxyl groups excluding tert-OH is 1. The van der Waals surface area contributed by atoms with Crippen LogP contribution in [-0.4, -0.2) is 27.7 Å². The van der Waals surface area contributed by atoms with E-state index in [2.05, 4.69) is 20.2 Å². The molecule has 0 aromatic carbocycles. The molecule has 0 aliphatic heterocycles. The van der Waals surface area contributed by atoms with Crippen molar-refractivity contribution in [1.29, 1.82) is 0 Å². The molecule has 5 heteroatoms. The molecule has 0 amide bonds. The smallest absolute Gasteiger partial charge is 0.246 e. The van der Waals surface area contributed by atoms with Gasteiger partial charge in [-0.3, -0.25) is 0 Å². The van der Waals surface area contributed by atoms with Crippen LogP contribution in [0.3, 0.4) is 0 Å². The number of H-pyrrole nitrogens is 1. The lowest BCUT2D eigenvalue weighted by Gasteiger charge is -2.43. The van der Waals surface area contributed by atoms with Crippen molar-refractivity contribution >= 4 is 5.95 Å². The third-order valence-electron chi connectivity index (χ3n) is 5.17. The molecular formula is C15H24N4O. The van der Waals surface area contributed by atoms with Crippen LogP contribution >= 0.6 is 0 Å². The highest BCUT2D eigenvalue weighted by atomic mass is 16.3. The summed E-state index contributed by atoms with van der Waals surface area (Å²) in [6.45, 7) is 0.819. The average molecular weight is 276 g/mol. The highest BCUT2D eigenvalue weighted by Crippen LogP contribution is 2.48. The van der Waals surface area contributed by atoms with Gasteiger partial charge in [0.15, 0.2) is 0 Å². The normalized spacial score (nSPS) is 34.9. The van der Waals surface area contributed by atoms with E-state index in [1.54, 1.807) is 12.4 Å². The second-order valence-corrected chi connectivity index (χ2v) is 6.51. The standard InChI is InChI=1S/C15H24N4O/c20-13-3-7-15(8-4-13)5-1-12(2-6-15)11-18-19-14-16-9-10-17-14/h9-10,12-13,20H,1-8,11H2,(H,16,17). The Hall–Kier alpha value is -1.23. The van der Waals surface area contributed by atoms with E-state index in [-0.39, 0.29) is 6.10 Å². The van der Waals surface area contributed by atoms with E-state index < -0.39 is 0 Å². The first-order valence-electron chi connectivity index (χ1n) is 7.81. The first kappa shape index (κ1) is 13.7. The molecule has 5 nitrogen and oxygen atoms in total. The Morgan fingerprint density at radius 3 is 2.55 bits per heavy atom. The van der Waals surface area contributed by atoms with Gasteiger partial charge in [0.05, 0.1) is 12.6 Å². The third-order valence-corrected chi connectivity index (χ3v) is 5.17. The molecule has 1 aromatic heterocycles. The largest absolute Gasteiger partial charge is 0.393 e. The van der Waals surface area contributed by atoms with Gasteiger partial charge in [-0.05, 0) is 62.7 Å². The summed E-state index contributed by atoms with van der Waals surface area (Å²) in [7, 11) is 0. The zero-order chi connectivity index (χ0) is 13.8. The van der Waals surface area contributed by atoms with Crippen molar-refractivity contribution in [3.8, 4) is 0 Å². The van der Waals surface area contributed by atoms with Crippen LogP contribution in [0.5, 0.6) is 0 Å². The minimum absolute atomic E-state index is 0.0413. The molecule has 1 spiro atoms. The molecule has 0 saturated heterocycles. The van der Waals surface area contributed by atoms with E-state index in [1.165, 1.54) is 38.5 Å². The van der Waals surface area contributed by atoms with Crippen molar-refractivity contribution in [1.82, 2.24) is 9.97 Å². The lowest BCUT2D eigenvalue weighted by Crippen LogP contribution is -2.34. The second kappa shape index (κ2) is 6.04. The lowest BCUT2D eigenvalue weighted by molar-refractivity contribution is 0.0300. The summed E-state index contributed by atoms with van der Waals surface area (Å²) >= 11 is 0. The van der Waals surface area contributed by atoms with E-state index in [9.17, 15) is 5.11 Å². The summed E-state index contributed by atoms with van der Waals surface area (Å²) in [5, 5.41) is 18.0. The Morgan fingerprint density at radius 1 is 1.20 bits per heavy atom. The molecule has 1 aromatic rings. The van der Waals surface area contributed by atoms with Gasteiger partial charge in [-0.1, -0.05) is 0 Å². The number of imidazole rings is 1. The van der Waals surface area contributed by atoms with Gasteiger partial charge in [0.2, 0.25) is 5.95 Å². The van der Waals surface area contributed by atoms with E-state index in [0.29, 0.717) is 17.3 Å². The number of aromatic amines is 1. The highest BCUT2D eigenvalue weighted by Gasteiger charge is 2.37. The number of aromatic nitrogens is 2. The maximum absolute atomic E-state index is 9.65. The molecule has 0 atom stereocenters. The molecule has 110 valence electrons. The summed E-state index contributed by atoms with van der Waals surface area (Å²) in [5.41, 5.74) is 0.536. The fourth-order valence-electron chi connectivity index (χ4n) is 3.72. The van der Waals surface area contributed by atoms with Gasteiger partial charge >= 0.3 is 0 Å². The van der Waals surface area contributed by atoms with Crippen molar-refractivity contribution in [2.75, 3.05) is 6.54 Å². The number of azo groups is 1. The fraction of sp³-hybridized carbons (Fsp3) is 0.800. The fourth-order valence-corrected chi connectivity index (χ4v) is 3.72. The van der Waals surface area contributed by atoms with Crippen LogP contribution < -0.4 is 0 Å². The molecule has 2 saturated carbocycles. The van der Waals surface area contributed by atoms with Crippen LogP contribution in [0.15, 0.2) is 22.6 Å². The summed E-state index contributed by atoms with van der Waals surface area (Å²) in [4.78, 5) is 6.96. The van der Waals surface area contributed by atoms with Crippen LogP contribution in [0.2, 0.25) is 0 Å². The van der Waals surface area contributed by atoms with Gasteiger partial charge < -0.3 is 10.1 Å². The predicted molar refractivity (Wildman–Crippen MR) is 76.8 cm³/mol. The van der Waals surface area contributed by atoms with Crippen LogP contribution in [-0.2, 0) is 0 Å². The second-order valence-electron chi connectivity index (χ2n) is 6.51. The monoisotopic (exact) mass is 276 g/mol. The number of aliphatic hydroxyl groups is 1. The Morgan fingerprint density at radius 2 is 1.90 bits per heavy atom. The zero-order valence-electron chi connectivity index (χ0n) is 12.0. The van der Waals surface area contributed by atoms with Crippen LogP contribution in [0, 0.1) is 11.3 Å². The molecule has 0 radical (unpaired) electrons. The Balaban J connectivity index is 1.44. The van der Waals surface area contributed by atoms with Crippen molar-refractivity contribution in [3.05, 3.63) is 12.4 Å². The molecule has 2 aliphatic carbocycles. The first-order chi connectivity index (χ1) is 9.76. The molecule has 2 N–H and O–H groups in total. The van der Waals surface area contributed by atoms with Crippen molar-refractivity contribution in [2.45, 2.75) is 57.5 Å². The number of nitrogens with zero attached hydrogens (tertiary/aromatic N) is 3. The first-order valence-corrected chi connectivity index (χ1v) is 7.81. The van der Waals surface area contributed by atoms with Crippen LogP contribution in [0.25, 0.3) is 0 Å². The van der Waals surface area contributed by atoms with E-state index in [1.807, 2.05) is 0 Å². The number of hydrogen-bond acceptors (Lipinski definition) is 4. The quantitative estimate of drug-likeness (QED) is 0.828. The molecule has 2 aliphatic rings. The maximum atomic E-state index is 9.65. The van der Waals surface area contributed by atoms with Crippen molar-refractivity contribution in [3.63, 3.8) is 0 Å². The molecule has 3 rings (SSSR count). The molecule has 0 bridgehead atoms. The molecule has 1 heterocycles.